The fourth-order valence-electron chi connectivity index (χ4n) is 7.89. The Labute approximate surface area is 321 Å². The van der Waals surface area contributed by atoms with E-state index in [2.05, 4.69) is 27.8 Å². The van der Waals surface area contributed by atoms with Crippen LogP contribution in [0.3, 0.4) is 0 Å². The van der Waals surface area contributed by atoms with Crippen molar-refractivity contribution in [2.75, 3.05) is 40.3 Å². The summed E-state index contributed by atoms with van der Waals surface area (Å²) < 4.78 is 11.4. The topological polar surface area (TPSA) is 133 Å². The number of aromatic amines is 1. The minimum absolute atomic E-state index is 0.0647. The lowest BCUT2D eigenvalue weighted by Crippen LogP contribution is -2.54. The molecule has 3 N–H and O–H groups in total. The summed E-state index contributed by atoms with van der Waals surface area (Å²) in [5, 5.41) is 7.42. The molecule has 4 atom stereocenters. The van der Waals surface area contributed by atoms with Gasteiger partial charge >= 0.3 is 0 Å². The molecule has 0 spiro atoms. The molecule has 2 saturated heterocycles. The molecule has 1 aromatic heterocycles. The zero-order valence-electron chi connectivity index (χ0n) is 31.4. The largest absolute Gasteiger partial charge is 0.493 e. The first kappa shape index (κ1) is 38.7. The van der Waals surface area contributed by atoms with E-state index in [-0.39, 0.29) is 67.0 Å². The van der Waals surface area contributed by atoms with Crippen LogP contribution in [0.25, 0.3) is 10.9 Å². The first-order valence-corrected chi connectivity index (χ1v) is 19.1. The molecule has 2 fully saturated rings. The molecule has 0 radical (unpaired) electrons. The van der Waals surface area contributed by atoms with Crippen molar-refractivity contribution in [1.29, 1.82) is 0 Å². The molecule has 0 aliphatic carbocycles. The Morgan fingerprint density at radius 1 is 0.944 bits per heavy atom. The maximum absolute atomic E-state index is 14.4. The molecule has 0 bridgehead atoms. The summed E-state index contributed by atoms with van der Waals surface area (Å²) in [6, 6.07) is 20.4. The number of benzene rings is 3. The van der Waals surface area contributed by atoms with E-state index in [4.69, 9.17) is 21.1 Å². The zero-order valence-corrected chi connectivity index (χ0v) is 32.2. The average Bonchev–Trinajstić information content (AvgIpc) is 3.78. The molecule has 4 unspecified atom stereocenters. The highest BCUT2D eigenvalue weighted by Crippen LogP contribution is 2.38. The lowest BCUT2D eigenvalue weighted by atomic mass is 9.79. The van der Waals surface area contributed by atoms with Gasteiger partial charge in [0.15, 0.2) is 11.5 Å². The maximum Gasteiger partial charge on any atom is 0.254 e. The van der Waals surface area contributed by atoms with Gasteiger partial charge < -0.3 is 34.9 Å². The predicted molar refractivity (Wildman–Crippen MR) is 209 cm³/mol. The second kappa shape index (κ2) is 17.4. The summed E-state index contributed by atoms with van der Waals surface area (Å²) in [5.41, 5.74) is 3.35. The zero-order chi connectivity index (χ0) is 38.4. The highest BCUT2D eigenvalue weighted by Gasteiger charge is 2.48. The van der Waals surface area contributed by atoms with Crippen LogP contribution in [0.4, 0.5) is 0 Å². The molecule has 2 aliphatic heterocycles. The molecule has 4 amide bonds. The van der Waals surface area contributed by atoms with Crippen LogP contribution in [-0.2, 0) is 27.2 Å². The number of hydrogen-bond donors (Lipinski definition) is 3. The van der Waals surface area contributed by atoms with Gasteiger partial charge in [-0.3, -0.25) is 19.2 Å². The van der Waals surface area contributed by atoms with E-state index < -0.39 is 5.92 Å². The normalized spacial score (nSPS) is 18.7. The van der Waals surface area contributed by atoms with Crippen LogP contribution in [0.15, 0.2) is 72.9 Å². The first-order chi connectivity index (χ1) is 26.0. The Hall–Kier alpha value is -5.03. The highest BCUT2D eigenvalue weighted by atomic mass is 35.5. The van der Waals surface area contributed by atoms with Crippen molar-refractivity contribution < 1.29 is 28.7 Å². The van der Waals surface area contributed by atoms with E-state index in [0.717, 1.165) is 29.3 Å². The van der Waals surface area contributed by atoms with Gasteiger partial charge in [0.25, 0.3) is 5.91 Å². The number of carbonyl (C=O) groups excluding carboxylic acids is 4. The molecule has 3 aromatic carbocycles. The Balaban J connectivity index is 1.22. The highest BCUT2D eigenvalue weighted by molar-refractivity contribution is 6.31. The van der Waals surface area contributed by atoms with E-state index in [1.165, 1.54) is 5.56 Å². The van der Waals surface area contributed by atoms with Crippen LogP contribution in [-0.4, -0.2) is 90.9 Å². The molecule has 2 aliphatic rings. The van der Waals surface area contributed by atoms with Crippen LogP contribution < -0.4 is 20.1 Å². The molecule has 286 valence electrons. The third-order valence-corrected chi connectivity index (χ3v) is 10.9. The van der Waals surface area contributed by atoms with Crippen molar-refractivity contribution in [1.82, 2.24) is 25.4 Å². The minimum Gasteiger partial charge on any atom is -0.493 e. The number of hydrogen-bond acceptors (Lipinski definition) is 6. The van der Waals surface area contributed by atoms with Gasteiger partial charge in [-0.25, -0.2) is 0 Å². The molecule has 11 nitrogen and oxygen atoms in total. The third kappa shape index (κ3) is 9.18. The summed E-state index contributed by atoms with van der Waals surface area (Å²) in [7, 11) is 3.13. The van der Waals surface area contributed by atoms with Crippen LogP contribution >= 0.6 is 11.6 Å². The van der Waals surface area contributed by atoms with Crippen LogP contribution in [0.1, 0.15) is 54.6 Å². The number of methoxy groups -OCH3 is 1. The quantitative estimate of drug-likeness (QED) is 0.153. The van der Waals surface area contributed by atoms with E-state index in [1.807, 2.05) is 50.4 Å². The lowest BCUT2D eigenvalue weighted by molar-refractivity contribution is -0.138. The van der Waals surface area contributed by atoms with Gasteiger partial charge in [-0.15, -0.1) is 0 Å². The number of halogens is 1. The Kier molecular flexibility index (Phi) is 12.5. The number of piperidine rings is 1. The number of aromatic nitrogens is 1. The number of nitrogens with zero attached hydrogens (tertiary/aromatic N) is 2. The second-order valence-corrected chi connectivity index (χ2v) is 15.1. The summed E-state index contributed by atoms with van der Waals surface area (Å²) in [6.45, 7) is 5.25. The predicted octanol–water partition coefficient (Wildman–Crippen LogP) is 5.65. The summed E-state index contributed by atoms with van der Waals surface area (Å²) in [6.07, 6.45) is 4.29. The third-order valence-electron chi connectivity index (χ3n) is 10.6. The molecular weight excluding hydrogens is 706 g/mol. The van der Waals surface area contributed by atoms with Gasteiger partial charge in [-0.1, -0.05) is 48.0 Å². The molecule has 4 aromatic rings. The minimum atomic E-state index is -0.579. The molecule has 6 rings (SSSR count). The van der Waals surface area contributed by atoms with Gasteiger partial charge in [0.05, 0.1) is 25.6 Å². The van der Waals surface area contributed by atoms with Crippen molar-refractivity contribution in [2.45, 2.75) is 58.1 Å². The molecular formula is C42H50ClN5O6. The van der Waals surface area contributed by atoms with Crippen molar-refractivity contribution in [3.05, 3.63) is 94.6 Å². The summed E-state index contributed by atoms with van der Waals surface area (Å²) in [4.78, 5) is 61.8. The standard InChI is InChI=1S/C42H50ClN5O6/c1-26(2)54-37-16-13-28(17-38(37)53-4)42(52)48-23-30-22-47(40(50)18-29-21-45-36-19-31(43)14-15-33(29)36)25-35(34(30)24-48)41(51)46-32(20-39(49)44-3)12-8-11-27-9-6-5-7-10-27/h5-7,9-10,13-17,19,21,26,30,32,34-35,45H,8,11-12,18,20,22-25H2,1-4H3,(H,44,49)(H,46,51). The van der Waals surface area contributed by atoms with Crippen molar-refractivity contribution in [3.8, 4) is 11.5 Å². The number of rotatable bonds is 14. The summed E-state index contributed by atoms with van der Waals surface area (Å²) in [5.74, 6) is -0.486. The monoisotopic (exact) mass is 755 g/mol. The van der Waals surface area contributed by atoms with Crippen LogP contribution in [0.2, 0.25) is 5.02 Å². The molecule has 12 heteroatoms. The van der Waals surface area contributed by atoms with Gasteiger partial charge in [0.1, 0.15) is 0 Å². The lowest BCUT2D eigenvalue weighted by Gasteiger charge is -2.40. The number of nitrogens with one attached hydrogen (secondary N) is 3. The van der Waals surface area contributed by atoms with Gasteiger partial charge in [-0.05, 0) is 86.4 Å². The Morgan fingerprint density at radius 3 is 2.46 bits per heavy atom. The first-order valence-electron chi connectivity index (χ1n) is 18.7. The number of amides is 4. The number of H-pyrrole nitrogens is 1. The molecule has 0 saturated carbocycles. The molecule has 3 heterocycles. The number of aryl methyl sites for hydroxylation is 1. The van der Waals surface area contributed by atoms with Gasteiger partial charge in [0, 0.05) is 73.4 Å². The van der Waals surface area contributed by atoms with E-state index in [0.29, 0.717) is 48.1 Å². The van der Waals surface area contributed by atoms with E-state index in [9.17, 15) is 19.2 Å². The number of likely N-dealkylation sites (tertiary alicyclic amines) is 2. The van der Waals surface area contributed by atoms with Crippen molar-refractivity contribution in [3.63, 3.8) is 0 Å². The van der Waals surface area contributed by atoms with Crippen molar-refractivity contribution >= 4 is 46.1 Å². The summed E-state index contributed by atoms with van der Waals surface area (Å²) >= 11 is 6.20. The Morgan fingerprint density at radius 2 is 1.72 bits per heavy atom. The van der Waals surface area contributed by atoms with Gasteiger partial charge in [0.2, 0.25) is 17.7 Å². The SMILES string of the molecule is CNC(=O)CC(CCCc1ccccc1)NC(=O)C1CN(C(=O)Cc2c[nH]c3cc(Cl)ccc23)CC2CN(C(=O)c3ccc(OC(C)C)c(OC)c3)CC21. The van der Waals surface area contributed by atoms with Crippen LogP contribution in [0, 0.1) is 17.8 Å². The van der Waals surface area contributed by atoms with E-state index >= 15 is 0 Å². The average molecular weight is 756 g/mol. The fourth-order valence-corrected chi connectivity index (χ4v) is 8.07. The van der Waals surface area contributed by atoms with Crippen molar-refractivity contribution in [2.24, 2.45) is 17.8 Å². The number of ether oxygens (including phenoxy) is 2. The number of fused-ring (bicyclic) bond motifs is 2. The van der Waals surface area contributed by atoms with Crippen LogP contribution in [0.5, 0.6) is 11.5 Å². The Bertz CT molecular complexity index is 1970. The maximum atomic E-state index is 14.4. The fraction of sp³-hybridized carbons (Fsp3) is 0.429. The van der Waals surface area contributed by atoms with E-state index in [1.54, 1.807) is 48.2 Å². The number of carbonyl (C=O) groups is 4. The molecule has 54 heavy (non-hydrogen) atoms. The second-order valence-electron chi connectivity index (χ2n) is 14.7. The van der Waals surface area contributed by atoms with Gasteiger partial charge in [-0.2, -0.15) is 0 Å². The smallest absolute Gasteiger partial charge is 0.254 e.